The molecule has 3 N–H and O–H groups in total. The third-order valence-corrected chi connectivity index (χ3v) is 3.90. The molecule has 7 nitrogen and oxygen atoms in total. The zero-order valence-corrected chi connectivity index (χ0v) is 14.5. The minimum atomic E-state index is -0.0928. The van der Waals surface area contributed by atoms with Crippen molar-refractivity contribution in [2.24, 2.45) is 0 Å². The molecule has 0 radical (unpaired) electrons. The van der Waals surface area contributed by atoms with Crippen LogP contribution in [0.15, 0.2) is 48.9 Å². The van der Waals surface area contributed by atoms with Crippen molar-refractivity contribution in [3.63, 3.8) is 0 Å². The topological polar surface area (TPSA) is 87.9 Å². The lowest BCUT2D eigenvalue weighted by atomic mass is 10.2. The van der Waals surface area contributed by atoms with E-state index in [0.29, 0.717) is 23.3 Å². The van der Waals surface area contributed by atoms with Crippen LogP contribution in [0.2, 0.25) is 5.02 Å². The van der Waals surface area contributed by atoms with Gasteiger partial charge >= 0.3 is 0 Å². The lowest BCUT2D eigenvalue weighted by Gasteiger charge is -2.09. The Kier molecular flexibility index (Phi) is 5.47. The van der Waals surface area contributed by atoms with Crippen molar-refractivity contribution in [1.29, 1.82) is 0 Å². The van der Waals surface area contributed by atoms with Crippen molar-refractivity contribution in [1.82, 2.24) is 19.7 Å². The van der Waals surface area contributed by atoms with Gasteiger partial charge in [0.15, 0.2) is 5.82 Å². The quantitative estimate of drug-likeness (QED) is 0.601. The van der Waals surface area contributed by atoms with Crippen LogP contribution < -0.4 is 10.6 Å². The SMILES string of the molecule is CC(CO)n1cc(Nc2ncc(Cl)c(NCc3ccccc3)n2)cn1. The smallest absolute Gasteiger partial charge is 0.229 e. The largest absolute Gasteiger partial charge is 0.394 e. The number of hydrogen-bond acceptors (Lipinski definition) is 6. The maximum Gasteiger partial charge on any atom is 0.229 e. The van der Waals surface area contributed by atoms with Crippen LogP contribution in [0.3, 0.4) is 0 Å². The molecule has 0 amide bonds. The number of anilines is 3. The number of nitrogens with zero attached hydrogens (tertiary/aromatic N) is 4. The second-order valence-electron chi connectivity index (χ2n) is 5.59. The highest BCUT2D eigenvalue weighted by Crippen LogP contribution is 2.22. The Morgan fingerprint density at radius 1 is 1.24 bits per heavy atom. The van der Waals surface area contributed by atoms with Gasteiger partial charge in [-0.1, -0.05) is 41.9 Å². The first-order chi connectivity index (χ1) is 12.2. The number of aliphatic hydroxyl groups excluding tert-OH is 1. The summed E-state index contributed by atoms with van der Waals surface area (Å²) in [5.41, 5.74) is 1.86. The normalized spacial score (nSPS) is 12.0. The molecule has 1 atom stereocenters. The van der Waals surface area contributed by atoms with Gasteiger partial charge in [-0.15, -0.1) is 0 Å². The summed E-state index contributed by atoms with van der Waals surface area (Å²) < 4.78 is 1.67. The van der Waals surface area contributed by atoms with Gasteiger partial charge in [-0.05, 0) is 12.5 Å². The van der Waals surface area contributed by atoms with Crippen molar-refractivity contribution < 1.29 is 5.11 Å². The zero-order chi connectivity index (χ0) is 17.6. The van der Waals surface area contributed by atoms with Crippen LogP contribution in [0, 0.1) is 0 Å². The summed E-state index contributed by atoms with van der Waals surface area (Å²) in [6.45, 7) is 2.51. The van der Waals surface area contributed by atoms with Crippen LogP contribution in [0.1, 0.15) is 18.5 Å². The predicted octanol–water partition coefficient (Wildman–Crippen LogP) is 3.24. The molecule has 0 saturated heterocycles. The molecule has 2 heterocycles. The highest BCUT2D eigenvalue weighted by Gasteiger charge is 2.09. The van der Waals surface area contributed by atoms with Crippen LogP contribution in [-0.4, -0.2) is 31.5 Å². The molecular formula is C17H19ClN6O. The monoisotopic (exact) mass is 358 g/mol. The number of hydrogen-bond donors (Lipinski definition) is 3. The molecule has 0 aliphatic carbocycles. The molecule has 2 aromatic heterocycles. The summed E-state index contributed by atoms with van der Waals surface area (Å²) in [4.78, 5) is 8.59. The Morgan fingerprint density at radius 3 is 2.80 bits per heavy atom. The molecule has 1 aromatic carbocycles. The summed E-state index contributed by atoms with van der Waals surface area (Å²) in [5.74, 6) is 0.968. The van der Waals surface area contributed by atoms with Gasteiger partial charge < -0.3 is 15.7 Å². The highest BCUT2D eigenvalue weighted by molar-refractivity contribution is 6.32. The first-order valence-corrected chi connectivity index (χ1v) is 8.26. The van der Waals surface area contributed by atoms with Gasteiger partial charge in [-0.3, -0.25) is 4.68 Å². The van der Waals surface area contributed by atoms with Crippen LogP contribution in [0.4, 0.5) is 17.5 Å². The number of aliphatic hydroxyl groups is 1. The Hall–Kier alpha value is -2.64. The standard InChI is InChI=1S/C17H19ClN6O/c1-12(11-25)24-10-14(8-21-24)22-17-20-9-15(18)16(23-17)19-7-13-5-3-2-4-6-13/h2-6,8-10,12,25H,7,11H2,1H3,(H2,19,20,22,23). The first kappa shape index (κ1) is 17.2. The van der Waals surface area contributed by atoms with E-state index >= 15 is 0 Å². The van der Waals surface area contributed by atoms with Crippen molar-refractivity contribution in [3.8, 4) is 0 Å². The van der Waals surface area contributed by atoms with E-state index in [1.54, 1.807) is 23.3 Å². The molecule has 0 spiro atoms. The van der Waals surface area contributed by atoms with E-state index in [9.17, 15) is 5.11 Å². The summed E-state index contributed by atoms with van der Waals surface area (Å²) in [6.07, 6.45) is 4.99. The summed E-state index contributed by atoms with van der Waals surface area (Å²) in [5, 5.41) is 20.1. The second-order valence-corrected chi connectivity index (χ2v) is 6.00. The van der Waals surface area contributed by atoms with Gasteiger partial charge in [-0.2, -0.15) is 10.1 Å². The predicted molar refractivity (Wildman–Crippen MR) is 98.1 cm³/mol. The van der Waals surface area contributed by atoms with E-state index in [-0.39, 0.29) is 12.6 Å². The molecular weight excluding hydrogens is 340 g/mol. The van der Waals surface area contributed by atoms with Gasteiger partial charge in [0.2, 0.25) is 5.95 Å². The summed E-state index contributed by atoms with van der Waals surface area (Å²) in [7, 11) is 0. The number of nitrogens with one attached hydrogen (secondary N) is 2. The van der Waals surface area contributed by atoms with Gasteiger partial charge in [-0.25, -0.2) is 4.98 Å². The highest BCUT2D eigenvalue weighted by atomic mass is 35.5. The van der Waals surface area contributed by atoms with E-state index in [2.05, 4.69) is 25.7 Å². The Labute approximate surface area is 150 Å². The number of benzene rings is 1. The fourth-order valence-corrected chi connectivity index (χ4v) is 2.35. The average Bonchev–Trinajstić information content (AvgIpc) is 3.11. The molecule has 25 heavy (non-hydrogen) atoms. The van der Waals surface area contributed by atoms with Crippen LogP contribution in [0.25, 0.3) is 0 Å². The van der Waals surface area contributed by atoms with E-state index in [1.165, 1.54) is 0 Å². The second kappa shape index (κ2) is 7.96. The summed E-state index contributed by atoms with van der Waals surface area (Å²) >= 11 is 6.17. The van der Waals surface area contributed by atoms with Crippen molar-refractivity contribution >= 4 is 29.1 Å². The van der Waals surface area contributed by atoms with Gasteiger partial charge in [0, 0.05) is 12.7 Å². The van der Waals surface area contributed by atoms with Crippen LogP contribution >= 0.6 is 11.6 Å². The third kappa shape index (κ3) is 4.46. The molecule has 0 aliphatic heterocycles. The molecule has 0 aliphatic rings. The number of halogens is 1. The molecule has 3 aromatic rings. The molecule has 130 valence electrons. The van der Waals surface area contributed by atoms with Crippen molar-refractivity contribution in [2.45, 2.75) is 19.5 Å². The maximum absolute atomic E-state index is 9.18. The minimum Gasteiger partial charge on any atom is -0.394 e. The van der Waals surface area contributed by atoms with Crippen LogP contribution in [-0.2, 0) is 6.54 Å². The number of aromatic nitrogens is 4. The van der Waals surface area contributed by atoms with Crippen molar-refractivity contribution in [3.05, 3.63) is 59.5 Å². The molecule has 0 fully saturated rings. The molecule has 0 saturated carbocycles. The fraction of sp³-hybridized carbons (Fsp3) is 0.235. The Bertz CT molecular complexity index is 823. The lowest BCUT2D eigenvalue weighted by molar-refractivity contribution is 0.230. The molecule has 3 rings (SSSR count). The van der Waals surface area contributed by atoms with E-state index in [1.807, 2.05) is 37.3 Å². The van der Waals surface area contributed by atoms with E-state index in [0.717, 1.165) is 11.3 Å². The van der Waals surface area contributed by atoms with Gasteiger partial charge in [0.1, 0.15) is 5.02 Å². The Morgan fingerprint density at radius 2 is 2.04 bits per heavy atom. The zero-order valence-electron chi connectivity index (χ0n) is 13.7. The Balaban J connectivity index is 1.69. The van der Waals surface area contributed by atoms with E-state index < -0.39 is 0 Å². The number of rotatable bonds is 7. The first-order valence-electron chi connectivity index (χ1n) is 7.88. The van der Waals surface area contributed by atoms with Crippen molar-refractivity contribution in [2.75, 3.05) is 17.2 Å². The van der Waals surface area contributed by atoms with Crippen LogP contribution in [0.5, 0.6) is 0 Å². The van der Waals surface area contributed by atoms with Gasteiger partial charge in [0.05, 0.1) is 30.7 Å². The fourth-order valence-electron chi connectivity index (χ4n) is 2.19. The average molecular weight is 359 g/mol. The molecule has 0 bridgehead atoms. The maximum atomic E-state index is 9.18. The third-order valence-electron chi connectivity index (χ3n) is 3.62. The minimum absolute atomic E-state index is 0.0200. The lowest BCUT2D eigenvalue weighted by Crippen LogP contribution is -2.09. The molecule has 8 heteroatoms. The van der Waals surface area contributed by atoms with Gasteiger partial charge in [0.25, 0.3) is 0 Å². The van der Waals surface area contributed by atoms with E-state index in [4.69, 9.17) is 11.6 Å². The summed E-state index contributed by atoms with van der Waals surface area (Å²) in [6, 6.07) is 9.90. The molecule has 1 unspecified atom stereocenters.